The van der Waals surface area contributed by atoms with Gasteiger partial charge in [-0.05, 0) is 20.3 Å². The molecule has 1 rings (SSSR count). The van der Waals surface area contributed by atoms with E-state index in [2.05, 4.69) is 5.10 Å². The van der Waals surface area contributed by atoms with Crippen LogP contribution in [-0.2, 0) is 11.8 Å². The van der Waals surface area contributed by atoms with Crippen LogP contribution in [0, 0.1) is 10.1 Å². The van der Waals surface area contributed by atoms with E-state index in [1.165, 1.54) is 10.9 Å². The molecule has 0 unspecified atom stereocenters. The number of carboxylic acid groups (broad SMARTS) is 1. The molecule has 8 nitrogen and oxygen atoms in total. The lowest BCUT2D eigenvalue weighted by Crippen LogP contribution is -2.33. The number of hydrogen-bond acceptors (Lipinski definition) is 5. The van der Waals surface area contributed by atoms with Crippen molar-refractivity contribution in [2.24, 2.45) is 7.05 Å². The first-order valence-electron chi connectivity index (χ1n) is 5.99. The van der Waals surface area contributed by atoms with E-state index in [1.54, 1.807) is 11.9 Å². The number of nitrogens with zero attached hydrogens (tertiary/aromatic N) is 4. The standard InChI is InChI=1S/C11H18N4O4/c1-8(2)14(6-4-5-10(16)17)11-9(15(18)19)7-13(3)12-11/h7-8H,4-6H2,1-3H3,(H,16,17). The highest BCUT2D eigenvalue weighted by Gasteiger charge is 2.25. The minimum atomic E-state index is -0.876. The van der Waals surface area contributed by atoms with Crippen molar-refractivity contribution in [3.63, 3.8) is 0 Å². The van der Waals surface area contributed by atoms with Crippen LogP contribution in [-0.4, -0.2) is 38.4 Å². The van der Waals surface area contributed by atoms with Crippen molar-refractivity contribution in [2.75, 3.05) is 11.4 Å². The molecule has 0 saturated heterocycles. The van der Waals surface area contributed by atoms with E-state index in [1.807, 2.05) is 13.8 Å². The van der Waals surface area contributed by atoms with Crippen LogP contribution in [0.25, 0.3) is 0 Å². The summed E-state index contributed by atoms with van der Waals surface area (Å²) in [5.41, 5.74) is -0.0634. The summed E-state index contributed by atoms with van der Waals surface area (Å²) in [7, 11) is 1.62. The van der Waals surface area contributed by atoms with Crippen LogP contribution in [0.5, 0.6) is 0 Å². The zero-order chi connectivity index (χ0) is 14.6. The van der Waals surface area contributed by atoms with Gasteiger partial charge in [0.2, 0.25) is 5.82 Å². The molecule has 106 valence electrons. The Kier molecular flexibility index (Phi) is 4.85. The summed E-state index contributed by atoms with van der Waals surface area (Å²) in [6.07, 6.45) is 1.80. The number of carbonyl (C=O) groups is 1. The van der Waals surface area contributed by atoms with Gasteiger partial charge in [0, 0.05) is 26.1 Å². The van der Waals surface area contributed by atoms with Crippen LogP contribution >= 0.6 is 0 Å². The molecule has 1 aromatic rings. The van der Waals surface area contributed by atoms with Gasteiger partial charge in [-0.25, -0.2) is 0 Å². The van der Waals surface area contributed by atoms with Crippen LogP contribution in [0.3, 0.4) is 0 Å². The summed E-state index contributed by atoms with van der Waals surface area (Å²) in [5, 5.41) is 23.7. The van der Waals surface area contributed by atoms with Gasteiger partial charge in [0.25, 0.3) is 0 Å². The van der Waals surface area contributed by atoms with Crippen LogP contribution in [0.4, 0.5) is 11.5 Å². The Morgan fingerprint density at radius 1 is 1.63 bits per heavy atom. The van der Waals surface area contributed by atoms with Crippen LogP contribution in [0.1, 0.15) is 26.7 Å². The normalized spacial score (nSPS) is 10.7. The Bertz CT molecular complexity index is 469. The van der Waals surface area contributed by atoms with Gasteiger partial charge in [-0.2, -0.15) is 0 Å². The number of hydrogen-bond donors (Lipinski definition) is 1. The second-order valence-electron chi connectivity index (χ2n) is 4.55. The fourth-order valence-corrected chi connectivity index (χ4v) is 1.81. The predicted octanol–water partition coefficient (Wildman–Crippen LogP) is 1.41. The molecule has 0 aliphatic carbocycles. The maximum atomic E-state index is 11.0. The van der Waals surface area contributed by atoms with Crippen molar-refractivity contribution >= 4 is 17.5 Å². The zero-order valence-electron chi connectivity index (χ0n) is 11.2. The summed E-state index contributed by atoms with van der Waals surface area (Å²) >= 11 is 0. The van der Waals surface area contributed by atoms with Crippen molar-refractivity contribution in [3.05, 3.63) is 16.3 Å². The highest BCUT2D eigenvalue weighted by Crippen LogP contribution is 2.27. The van der Waals surface area contributed by atoms with Gasteiger partial charge in [-0.3, -0.25) is 19.6 Å². The second kappa shape index (κ2) is 6.17. The highest BCUT2D eigenvalue weighted by molar-refractivity contribution is 5.66. The van der Waals surface area contributed by atoms with Crippen LogP contribution in [0.2, 0.25) is 0 Å². The van der Waals surface area contributed by atoms with Crippen LogP contribution < -0.4 is 4.90 Å². The van der Waals surface area contributed by atoms with Gasteiger partial charge in [-0.15, -0.1) is 5.10 Å². The number of aromatic nitrogens is 2. The molecule has 8 heteroatoms. The number of carboxylic acids is 1. The molecule has 0 aliphatic rings. The van der Waals surface area contributed by atoms with E-state index in [0.717, 1.165) is 0 Å². The van der Waals surface area contributed by atoms with Crippen molar-refractivity contribution in [3.8, 4) is 0 Å². The molecule has 0 aliphatic heterocycles. The van der Waals surface area contributed by atoms with E-state index >= 15 is 0 Å². The van der Waals surface area contributed by atoms with E-state index in [0.29, 0.717) is 13.0 Å². The Balaban J connectivity index is 2.92. The third kappa shape index (κ3) is 3.94. The number of aryl methyl sites for hydroxylation is 1. The molecule has 0 fully saturated rings. The van der Waals surface area contributed by atoms with Crippen molar-refractivity contribution < 1.29 is 14.8 Å². The first kappa shape index (κ1) is 14.9. The first-order valence-corrected chi connectivity index (χ1v) is 5.99. The zero-order valence-corrected chi connectivity index (χ0v) is 11.2. The predicted molar refractivity (Wildman–Crippen MR) is 69.2 cm³/mol. The van der Waals surface area contributed by atoms with E-state index < -0.39 is 10.9 Å². The van der Waals surface area contributed by atoms with Crippen molar-refractivity contribution in [1.82, 2.24) is 9.78 Å². The van der Waals surface area contributed by atoms with Crippen LogP contribution in [0.15, 0.2) is 6.20 Å². The topological polar surface area (TPSA) is 102 Å². The molecule has 0 saturated carbocycles. The molecule has 0 amide bonds. The van der Waals surface area contributed by atoms with Gasteiger partial charge < -0.3 is 10.0 Å². The molecule has 1 N–H and O–H groups in total. The van der Waals surface area contributed by atoms with E-state index in [4.69, 9.17) is 5.11 Å². The number of anilines is 1. The average Bonchev–Trinajstić information content (AvgIpc) is 2.65. The first-order chi connectivity index (χ1) is 8.82. The van der Waals surface area contributed by atoms with Crippen molar-refractivity contribution in [2.45, 2.75) is 32.7 Å². The molecular formula is C11H18N4O4. The summed E-state index contributed by atoms with van der Waals surface area (Å²) in [6.45, 7) is 4.19. The summed E-state index contributed by atoms with van der Waals surface area (Å²) in [4.78, 5) is 22.8. The second-order valence-corrected chi connectivity index (χ2v) is 4.55. The fourth-order valence-electron chi connectivity index (χ4n) is 1.81. The van der Waals surface area contributed by atoms with Gasteiger partial charge in [-0.1, -0.05) is 0 Å². The SMILES string of the molecule is CC(C)N(CCCC(=O)O)c1nn(C)cc1[N+](=O)[O-]. The quantitative estimate of drug-likeness (QED) is 0.593. The van der Waals surface area contributed by atoms with Gasteiger partial charge in [0.15, 0.2) is 0 Å². The maximum absolute atomic E-state index is 11.0. The molecule has 0 spiro atoms. The number of nitro groups is 1. The summed E-state index contributed by atoms with van der Waals surface area (Å²) in [5.74, 6) is -0.591. The monoisotopic (exact) mass is 270 g/mol. The summed E-state index contributed by atoms with van der Waals surface area (Å²) < 4.78 is 1.39. The minimum Gasteiger partial charge on any atom is -0.481 e. The number of rotatable bonds is 7. The molecular weight excluding hydrogens is 252 g/mol. The fraction of sp³-hybridized carbons (Fsp3) is 0.636. The lowest BCUT2D eigenvalue weighted by molar-refractivity contribution is -0.384. The van der Waals surface area contributed by atoms with Gasteiger partial charge in [0.1, 0.15) is 6.20 Å². The van der Waals surface area contributed by atoms with Gasteiger partial charge in [0.05, 0.1) is 4.92 Å². The molecule has 1 aromatic heterocycles. The highest BCUT2D eigenvalue weighted by atomic mass is 16.6. The Morgan fingerprint density at radius 2 is 2.26 bits per heavy atom. The van der Waals surface area contributed by atoms with Gasteiger partial charge >= 0.3 is 11.7 Å². The minimum absolute atomic E-state index is 0.00222. The lowest BCUT2D eigenvalue weighted by Gasteiger charge is -2.25. The average molecular weight is 270 g/mol. The Morgan fingerprint density at radius 3 is 2.74 bits per heavy atom. The third-order valence-electron chi connectivity index (χ3n) is 2.67. The van der Waals surface area contributed by atoms with E-state index in [-0.39, 0.29) is 24.0 Å². The maximum Gasteiger partial charge on any atom is 0.330 e. The smallest absolute Gasteiger partial charge is 0.330 e. The molecule has 19 heavy (non-hydrogen) atoms. The summed E-state index contributed by atoms with van der Waals surface area (Å²) in [6, 6.07) is 0.00222. The molecule has 0 radical (unpaired) electrons. The van der Waals surface area contributed by atoms with E-state index in [9.17, 15) is 14.9 Å². The Labute approximate surface area is 110 Å². The molecule has 0 bridgehead atoms. The largest absolute Gasteiger partial charge is 0.481 e. The third-order valence-corrected chi connectivity index (χ3v) is 2.67. The molecule has 0 atom stereocenters. The Hall–Kier alpha value is -2.12. The molecule has 0 aromatic carbocycles. The number of aliphatic carboxylic acids is 1. The lowest BCUT2D eigenvalue weighted by atomic mass is 10.2. The van der Waals surface area contributed by atoms with Crippen molar-refractivity contribution in [1.29, 1.82) is 0 Å². The molecule has 1 heterocycles.